The predicted molar refractivity (Wildman–Crippen MR) is 162 cm³/mol. The minimum atomic E-state index is -0.108. The first kappa shape index (κ1) is 28.4. The number of anilines is 2. The van der Waals surface area contributed by atoms with E-state index < -0.39 is 0 Å². The molecule has 2 aromatic carbocycles. The molecular weight excluding hydrogens is 536 g/mol. The van der Waals surface area contributed by atoms with Crippen LogP contribution < -0.4 is 19.9 Å². The fourth-order valence-corrected chi connectivity index (χ4v) is 5.45. The molecule has 0 bridgehead atoms. The summed E-state index contributed by atoms with van der Waals surface area (Å²) in [6.45, 7) is 4.38. The van der Waals surface area contributed by atoms with Crippen LogP contribution in [-0.2, 0) is 23.6 Å². The molecule has 4 aromatic rings. The van der Waals surface area contributed by atoms with Crippen molar-refractivity contribution in [3.8, 4) is 5.75 Å². The molecule has 1 fully saturated rings. The summed E-state index contributed by atoms with van der Waals surface area (Å²) in [7, 11) is 3.36. The lowest BCUT2D eigenvalue weighted by Gasteiger charge is -2.37. The van der Waals surface area contributed by atoms with Crippen LogP contribution >= 0.6 is 11.8 Å². The number of piperazine rings is 1. The number of amides is 1. The van der Waals surface area contributed by atoms with Gasteiger partial charge in [-0.2, -0.15) is 0 Å². The second kappa shape index (κ2) is 14.0. The molecule has 1 N–H and O–H groups in total. The van der Waals surface area contributed by atoms with Crippen molar-refractivity contribution < 1.29 is 14.3 Å². The van der Waals surface area contributed by atoms with Gasteiger partial charge in [0, 0.05) is 75.3 Å². The molecule has 0 saturated carbocycles. The van der Waals surface area contributed by atoms with Crippen LogP contribution in [0.25, 0.3) is 0 Å². The van der Waals surface area contributed by atoms with Crippen molar-refractivity contribution in [1.29, 1.82) is 0 Å². The molecular formula is C31H34N6O3S. The number of hydrogen-bond acceptors (Lipinski definition) is 9. The van der Waals surface area contributed by atoms with E-state index in [-0.39, 0.29) is 5.91 Å². The van der Waals surface area contributed by atoms with Gasteiger partial charge < -0.3 is 24.6 Å². The number of carbonyl (C=O) groups excluding carboxylic acids is 1. The van der Waals surface area contributed by atoms with Crippen molar-refractivity contribution in [3.63, 3.8) is 0 Å². The Labute approximate surface area is 244 Å². The molecule has 3 heterocycles. The number of ether oxygens (including phenoxy) is 2. The maximum atomic E-state index is 12.7. The van der Waals surface area contributed by atoms with Gasteiger partial charge in [0.15, 0.2) is 5.16 Å². The van der Waals surface area contributed by atoms with E-state index in [1.165, 1.54) is 5.69 Å². The van der Waals surface area contributed by atoms with Gasteiger partial charge in [-0.15, -0.1) is 0 Å². The molecule has 1 saturated heterocycles. The lowest BCUT2D eigenvalue weighted by molar-refractivity contribution is 0.0951. The van der Waals surface area contributed by atoms with Crippen molar-refractivity contribution in [3.05, 3.63) is 102 Å². The molecule has 5 rings (SSSR count). The summed E-state index contributed by atoms with van der Waals surface area (Å²) in [6.07, 6.45) is 3.44. The molecule has 0 aliphatic carbocycles. The van der Waals surface area contributed by atoms with Crippen LogP contribution in [0.15, 0.2) is 84.3 Å². The molecule has 1 aliphatic heterocycles. The van der Waals surface area contributed by atoms with Crippen LogP contribution in [0.5, 0.6) is 5.75 Å². The van der Waals surface area contributed by atoms with E-state index in [4.69, 9.17) is 19.4 Å². The Morgan fingerprint density at radius 2 is 1.66 bits per heavy atom. The average Bonchev–Trinajstić information content (AvgIpc) is 3.03. The van der Waals surface area contributed by atoms with E-state index in [0.29, 0.717) is 29.6 Å². The Bertz CT molecular complexity index is 1430. The van der Waals surface area contributed by atoms with Crippen LogP contribution in [0.4, 0.5) is 11.5 Å². The zero-order valence-electron chi connectivity index (χ0n) is 23.3. The molecule has 0 atom stereocenters. The first-order valence-corrected chi connectivity index (χ1v) is 14.5. The number of rotatable bonds is 11. The second-order valence-electron chi connectivity index (χ2n) is 9.63. The zero-order chi connectivity index (χ0) is 28.4. The summed E-state index contributed by atoms with van der Waals surface area (Å²) in [5.41, 5.74) is 4.70. The van der Waals surface area contributed by atoms with Gasteiger partial charge in [0.1, 0.15) is 11.6 Å². The van der Waals surface area contributed by atoms with Crippen molar-refractivity contribution in [1.82, 2.24) is 20.3 Å². The predicted octanol–water partition coefficient (Wildman–Crippen LogP) is 4.58. The molecule has 10 heteroatoms. The summed E-state index contributed by atoms with van der Waals surface area (Å²) < 4.78 is 10.7. The number of pyridine rings is 1. The Balaban J connectivity index is 1.21. The van der Waals surface area contributed by atoms with Gasteiger partial charge in [0.25, 0.3) is 5.91 Å². The monoisotopic (exact) mass is 570 g/mol. The smallest absolute Gasteiger partial charge is 0.251 e. The van der Waals surface area contributed by atoms with E-state index in [2.05, 4.69) is 32.2 Å². The Kier molecular flexibility index (Phi) is 9.66. The lowest BCUT2D eigenvalue weighted by atomic mass is 10.1. The third kappa shape index (κ3) is 7.74. The van der Waals surface area contributed by atoms with E-state index in [0.717, 1.165) is 54.6 Å². The summed E-state index contributed by atoms with van der Waals surface area (Å²) in [5.74, 6) is 2.31. The van der Waals surface area contributed by atoms with Gasteiger partial charge >= 0.3 is 0 Å². The fourth-order valence-electron chi connectivity index (χ4n) is 4.63. The van der Waals surface area contributed by atoms with Crippen molar-refractivity contribution in [2.45, 2.75) is 24.1 Å². The number of nitrogens with zero attached hydrogens (tertiary/aromatic N) is 5. The second-order valence-corrected chi connectivity index (χ2v) is 10.6. The van der Waals surface area contributed by atoms with Crippen LogP contribution in [0.1, 0.15) is 27.2 Å². The number of carbonyl (C=O) groups is 1. The molecule has 1 aliphatic rings. The molecule has 1 amide bonds. The third-order valence-electron chi connectivity index (χ3n) is 6.84. The Hall–Kier alpha value is -4.15. The number of nitrogens with one attached hydrogen (secondary N) is 1. The topological polar surface area (TPSA) is 92.7 Å². The number of thioether (sulfide) groups is 1. The van der Waals surface area contributed by atoms with Crippen LogP contribution in [0.3, 0.4) is 0 Å². The van der Waals surface area contributed by atoms with Crippen LogP contribution in [0, 0.1) is 0 Å². The molecule has 2 aromatic heterocycles. The van der Waals surface area contributed by atoms with E-state index >= 15 is 0 Å². The van der Waals surface area contributed by atoms with Gasteiger partial charge in [-0.25, -0.2) is 9.97 Å². The van der Waals surface area contributed by atoms with E-state index in [1.54, 1.807) is 38.4 Å². The molecule has 0 radical (unpaired) electrons. The first-order chi connectivity index (χ1) is 20.1. The van der Waals surface area contributed by atoms with Crippen LogP contribution in [0.2, 0.25) is 0 Å². The van der Waals surface area contributed by atoms with Gasteiger partial charge in [-0.3, -0.25) is 9.78 Å². The Morgan fingerprint density at radius 1 is 0.902 bits per heavy atom. The normalized spacial score (nSPS) is 13.2. The minimum absolute atomic E-state index is 0.108. The fraction of sp³-hybridized carbons (Fsp3) is 0.290. The van der Waals surface area contributed by atoms with E-state index in [1.807, 2.05) is 54.6 Å². The molecule has 41 heavy (non-hydrogen) atoms. The highest BCUT2D eigenvalue weighted by Crippen LogP contribution is 2.26. The standard InChI is InChI=1S/C31H34N6O3S/c1-39-21-26-19-29(37-16-14-36(15-17-37)27-6-8-28(40-2)9-7-27)35-31(34-26)41-22-24-4-3-5-25(18-24)30(38)33-20-23-10-12-32-13-11-23/h3-13,18-19H,14-17,20-22H2,1-2H3,(H,33,38). The summed E-state index contributed by atoms with van der Waals surface area (Å²) >= 11 is 1.56. The summed E-state index contributed by atoms with van der Waals surface area (Å²) in [4.78, 5) is 31.1. The summed E-state index contributed by atoms with van der Waals surface area (Å²) in [6, 6.07) is 21.7. The highest BCUT2D eigenvalue weighted by Gasteiger charge is 2.20. The van der Waals surface area contributed by atoms with Gasteiger partial charge in [-0.05, 0) is 59.7 Å². The van der Waals surface area contributed by atoms with Crippen molar-refractivity contribution in [2.75, 3.05) is 50.2 Å². The molecule has 0 spiro atoms. The summed E-state index contributed by atoms with van der Waals surface area (Å²) in [5, 5.41) is 3.67. The maximum Gasteiger partial charge on any atom is 0.251 e. The van der Waals surface area contributed by atoms with Crippen LogP contribution in [-0.4, -0.2) is 61.3 Å². The number of hydrogen-bond donors (Lipinski definition) is 1. The van der Waals surface area contributed by atoms with Gasteiger partial charge in [0.2, 0.25) is 0 Å². The van der Waals surface area contributed by atoms with Crippen molar-refractivity contribution >= 4 is 29.2 Å². The number of methoxy groups -OCH3 is 2. The molecule has 0 unspecified atom stereocenters. The maximum absolute atomic E-state index is 12.7. The highest BCUT2D eigenvalue weighted by atomic mass is 32.2. The molecule has 9 nitrogen and oxygen atoms in total. The average molecular weight is 571 g/mol. The van der Waals surface area contributed by atoms with Gasteiger partial charge in [-0.1, -0.05) is 23.9 Å². The zero-order valence-corrected chi connectivity index (χ0v) is 24.1. The third-order valence-corrected chi connectivity index (χ3v) is 7.76. The molecule has 212 valence electrons. The number of benzene rings is 2. The van der Waals surface area contributed by atoms with Gasteiger partial charge in [0.05, 0.1) is 19.4 Å². The SMILES string of the molecule is COCc1cc(N2CCN(c3ccc(OC)cc3)CC2)nc(SCc2cccc(C(=O)NCc3ccncc3)c2)n1. The minimum Gasteiger partial charge on any atom is -0.497 e. The first-order valence-electron chi connectivity index (χ1n) is 13.5. The quantitative estimate of drug-likeness (QED) is 0.206. The van der Waals surface area contributed by atoms with E-state index in [9.17, 15) is 4.79 Å². The highest BCUT2D eigenvalue weighted by molar-refractivity contribution is 7.98. The van der Waals surface area contributed by atoms with Crippen molar-refractivity contribution in [2.24, 2.45) is 0 Å². The lowest BCUT2D eigenvalue weighted by Crippen LogP contribution is -2.46. The number of aromatic nitrogens is 3. The largest absolute Gasteiger partial charge is 0.497 e. The Morgan fingerprint density at radius 3 is 2.39 bits per heavy atom.